The van der Waals surface area contributed by atoms with Crippen LogP contribution in [0.25, 0.3) is 33.4 Å². The van der Waals surface area contributed by atoms with E-state index in [0.717, 1.165) is 0 Å². The van der Waals surface area contributed by atoms with Crippen molar-refractivity contribution < 1.29 is 0 Å². The molecule has 0 unspecified atom stereocenters. The van der Waals surface area contributed by atoms with Gasteiger partial charge in [0.2, 0.25) is 0 Å². The normalized spacial score (nSPS) is 21.8. The Hall–Kier alpha value is -5.80. The molecular formula is C72H79BN2. The summed E-state index contributed by atoms with van der Waals surface area (Å²) >= 11 is 0. The highest BCUT2D eigenvalue weighted by Gasteiger charge is 2.53. The number of rotatable bonds is 2. The van der Waals surface area contributed by atoms with Crippen molar-refractivity contribution in [3.63, 3.8) is 0 Å². The fraction of sp³-hybridized carbons (Fsp3) is 0.417. The second-order valence-corrected chi connectivity index (χ2v) is 29.7. The summed E-state index contributed by atoms with van der Waals surface area (Å²) in [6.45, 7) is 39.8. The molecule has 75 heavy (non-hydrogen) atoms. The molecule has 5 aliphatic carbocycles. The largest absolute Gasteiger partial charge is 0.376 e. The molecule has 7 aliphatic rings. The lowest BCUT2D eigenvalue weighted by Gasteiger charge is -2.50. The minimum atomic E-state index is -0.219. The highest BCUT2D eigenvalue weighted by molar-refractivity contribution is 6.94. The standard InChI is InChI=1S/C72H79BN2/c1-65(2)29-31-67(5,6)54-35-42(25-27-51(54)65)74-61-41-57-56(69(9,10)33-34-70(57,11)12)40-59(61)73-63-48(38-58-62(64(63)74)45-22-18-20-24-50(45)72(58,15)16)47-37-53-46(44-21-17-19-23-49(44)71(53,13)14)39-60(47)75(73)43-26-28-52-55(36-43)68(7,8)32-30-66(52,3)4/h17-28,35-41H,29-34H2,1-16H3. The van der Waals surface area contributed by atoms with Gasteiger partial charge in [-0.25, -0.2) is 0 Å². The Morgan fingerprint density at radius 1 is 0.333 bits per heavy atom. The lowest BCUT2D eigenvalue weighted by Crippen LogP contribution is -2.62. The molecule has 0 radical (unpaired) electrons. The minimum Gasteiger partial charge on any atom is -0.376 e. The Labute approximate surface area is 450 Å². The molecule has 0 N–H and O–H groups in total. The van der Waals surface area contributed by atoms with E-state index in [4.69, 9.17) is 0 Å². The number of anilines is 5. The molecule has 7 aromatic carbocycles. The summed E-state index contributed by atoms with van der Waals surface area (Å²) in [6, 6.07) is 47.6. The maximum Gasteiger partial charge on any atom is 0.333 e. The van der Waals surface area contributed by atoms with Gasteiger partial charge in [0.15, 0.2) is 0 Å². The van der Waals surface area contributed by atoms with Crippen LogP contribution in [0, 0.1) is 0 Å². The molecule has 0 fully saturated rings. The van der Waals surface area contributed by atoms with Gasteiger partial charge < -0.3 is 9.71 Å². The molecule has 2 nitrogen and oxygen atoms in total. The van der Waals surface area contributed by atoms with Crippen LogP contribution in [0.4, 0.5) is 28.4 Å². The zero-order valence-corrected chi connectivity index (χ0v) is 48.2. The molecule has 0 spiro atoms. The van der Waals surface area contributed by atoms with Gasteiger partial charge in [0.05, 0.1) is 5.69 Å². The van der Waals surface area contributed by atoms with Gasteiger partial charge in [0.1, 0.15) is 0 Å². The van der Waals surface area contributed by atoms with Gasteiger partial charge in [-0.05, 0) is 208 Å². The number of benzene rings is 7. The maximum atomic E-state index is 2.87. The van der Waals surface area contributed by atoms with Gasteiger partial charge >= 0.3 is 6.85 Å². The third-order valence-electron chi connectivity index (χ3n) is 21.6. The summed E-state index contributed by atoms with van der Waals surface area (Å²) in [7, 11) is 0. The van der Waals surface area contributed by atoms with Gasteiger partial charge in [-0.3, -0.25) is 0 Å². The highest BCUT2D eigenvalue weighted by atomic mass is 15.2. The zero-order valence-electron chi connectivity index (χ0n) is 48.2. The van der Waals surface area contributed by atoms with E-state index in [1.807, 2.05) is 0 Å². The van der Waals surface area contributed by atoms with Crippen molar-refractivity contribution in [3.8, 4) is 33.4 Å². The van der Waals surface area contributed by atoms with Crippen molar-refractivity contribution in [3.05, 3.63) is 171 Å². The number of hydrogen-bond donors (Lipinski definition) is 0. The number of nitrogens with zero attached hydrogens (tertiary/aromatic N) is 2. The molecule has 14 rings (SSSR count). The van der Waals surface area contributed by atoms with Crippen LogP contribution in [0.15, 0.2) is 115 Å². The third-order valence-corrected chi connectivity index (χ3v) is 21.6. The molecule has 2 aliphatic heterocycles. The van der Waals surface area contributed by atoms with Crippen molar-refractivity contribution in [2.45, 2.75) is 193 Å². The summed E-state index contributed by atoms with van der Waals surface area (Å²) in [5.74, 6) is 0. The van der Waals surface area contributed by atoms with E-state index < -0.39 is 0 Å². The molecule has 0 saturated carbocycles. The molecule has 7 aromatic rings. The van der Waals surface area contributed by atoms with E-state index in [-0.39, 0.29) is 50.2 Å². The topological polar surface area (TPSA) is 6.48 Å². The van der Waals surface area contributed by atoms with Crippen LogP contribution in [0.5, 0.6) is 0 Å². The van der Waals surface area contributed by atoms with Gasteiger partial charge in [0, 0.05) is 44.7 Å². The second-order valence-electron chi connectivity index (χ2n) is 29.7. The summed E-state index contributed by atoms with van der Waals surface area (Å²) in [6.07, 6.45) is 7.07. The molecule has 0 aromatic heterocycles. The second kappa shape index (κ2) is 14.6. The van der Waals surface area contributed by atoms with Crippen molar-refractivity contribution in [1.82, 2.24) is 0 Å². The van der Waals surface area contributed by atoms with Crippen molar-refractivity contribution >= 4 is 46.2 Å². The average molecular weight is 983 g/mol. The monoisotopic (exact) mass is 983 g/mol. The van der Waals surface area contributed by atoms with E-state index in [2.05, 4.69) is 236 Å². The number of hydrogen-bond acceptors (Lipinski definition) is 2. The predicted molar refractivity (Wildman–Crippen MR) is 321 cm³/mol. The Balaban J connectivity index is 1.18. The summed E-state index contributed by atoms with van der Waals surface area (Å²) < 4.78 is 0. The van der Waals surface area contributed by atoms with Crippen molar-refractivity contribution in [2.75, 3.05) is 9.71 Å². The van der Waals surface area contributed by atoms with Crippen LogP contribution in [0.3, 0.4) is 0 Å². The lowest BCUT2D eigenvalue weighted by atomic mass is 9.42. The van der Waals surface area contributed by atoms with Crippen LogP contribution >= 0.6 is 0 Å². The molecule has 0 amide bonds. The lowest BCUT2D eigenvalue weighted by molar-refractivity contribution is 0.332. The van der Waals surface area contributed by atoms with Crippen LogP contribution < -0.4 is 20.6 Å². The Morgan fingerprint density at radius 2 is 0.787 bits per heavy atom. The van der Waals surface area contributed by atoms with E-state index in [1.54, 1.807) is 0 Å². The average Bonchev–Trinajstić information content (AvgIpc) is 3.93. The third kappa shape index (κ3) is 6.22. The maximum absolute atomic E-state index is 2.87. The quantitative estimate of drug-likeness (QED) is 0.159. The number of fused-ring (bicyclic) bond motifs is 14. The van der Waals surface area contributed by atoms with Crippen LogP contribution in [-0.4, -0.2) is 6.85 Å². The minimum absolute atomic E-state index is 0.0164. The summed E-state index contributed by atoms with van der Waals surface area (Å²) in [5.41, 5.74) is 32.5. The van der Waals surface area contributed by atoms with Gasteiger partial charge in [-0.1, -0.05) is 178 Å². The first kappa shape index (κ1) is 47.6. The van der Waals surface area contributed by atoms with Crippen LogP contribution in [0.1, 0.15) is 205 Å². The molecule has 0 bridgehead atoms. The predicted octanol–water partition coefficient (Wildman–Crippen LogP) is 18.1. The fourth-order valence-corrected chi connectivity index (χ4v) is 16.4. The fourth-order valence-electron chi connectivity index (χ4n) is 16.4. The first-order valence-electron chi connectivity index (χ1n) is 28.8. The van der Waals surface area contributed by atoms with Gasteiger partial charge in [-0.2, -0.15) is 0 Å². The van der Waals surface area contributed by atoms with Crippen molar-refractivity contribution in [1.29, 1.82) is 0 Å². The SMILES string of the molecule is CC1(C)CCC(C)(C)c2cc(N3B4c5cc6c(cc5N(c5ccc7c(c5)C(C)(C)CCC7(C)C)c5c4c(cc4c5-c5ccccc5C4(C)C)-c4cc5c(cc43)-c3ccccc3C5(C)C)C(C)(C)CCC6(C)C)ccc21. The Bertz CT molecular complexity index is 3700. The molecule has 0 atom stereocenters. The zero-order chi connectivity index (χ0) is 52.7. The van der Waals surface area contributed by atoms with Gasteiger partial charge in [0.25, 0.3) is 0 Å². The summed E-state index contributed by atoms with van der Waals surface area (Å²) in [4.78, 5) is 5.69. The van der Waals surface area contributed by atoms with Crippen LogP contribution in [-0.2, 0) is 43.3 Å². The first-order chi connectivity index (χ1) is 35.2. The van der Waals surface area contributed by atoms with E-state index >= 15 is 0 Å². The molecule has 0 saturated heterocycles. The molecular weight excluding hydrogens is 904 g/mol. The Morgan fingerprint density at radius 3 is 1.37 bits per heavy atom. The van der Waals surface area contributed by atoms with Crippen molar-refractivity contribution in [2.24, 2.45) is 0 Å². The molecule has 380 valence electrons. The first-order valence-corrected chi connectivity index (χ1v) is 28.8. The Kier molecular flexibility index (Phi) is 9.28. The van der Waals surface area contributed by atoms with E-state index in [9.17, 15) is 0 Å². The highest BCUT2D eigenvalue weighted by Crippen LogP contribution is 2.62. The van der Waals surface area contributed by atoms with Crippen LogP contribution in [0.2, 0.25) is 0 Å². The summed E-state index contributed by atoms with van der Waals surface area (Å²) in [5, 5.41) is 0. The molecule has 3 heteroatoms. The van der Waals surface area contributed by atoms with Gasteiger partial charge in [-0.15, -0.1) is 0 Å². The van der Waals surface area contributed by atoms with E-state index in [0.29, 0.717) is 0 Å². The van der Waals surface area contributed by atoms with E-state index in [1.165, 1.54) is 167 Å². The molecule has 2 heterocycles. The smallest absolute Gasteiger partial charge is 0.333 e.